The average molecular weight is 329 g/mol. The molecule has 58 valence electrons. The molecule has 0 radical (unpaired) electrons. The van der Waals surface area contributed by atoms with Crippen LogP contribution < -0.4 is 0 Å². The molecular weight excluding hydrogens is 323 g/mol. The molecule has 0 spiro atoms. The number of halogens is 3. The Kier molecular flexibility index (Phi) is 51.6. The first-order chi connectivity index (χ1) is 1.73. The molecule has 0 saturated carbocycles. The van der Waals surface area contributed by atoms with Crippen LogP contribution >= 0.6 is 19.7 Å². The zero-order valence-electron chi connectivity index (χ0n) is 2.91. The monoisotopic (exact) mass is 328 g/mol. The molecule has 0 aliphatic rings. The van der Waals surface area contributed by atoms with Crippen molar-refractivity contribution in [3.8, 4) is 0 Å². The van der Waals surface area contributed by atoms with Gasteiger partial charge >= 0.3 is 46.3 Å². The van der Waals surface area contributed by atoms with Crippen molar-refractivity contribution in [1.82, 2.24) is 0 Å². The molecule has 0 unspecified atom stereocenters. The number of hydrogen-bond donors (Lipinski definition) is 0. The summed E-state index contributed by atoms with van der Waals surface area (Å²) in [5.74, 6) is 0. The molecule has 0 rings (SSSR count). The number of rotatable bonds is 0. The molecule has 0 heterocycles. The van der Waals surface area contributed by atoms with E-state index in [2.05, 4.69) is 0 Å². The van der Waals surface area contributed by atoms with Gasteiger partial charge < -0.3 is 16.4 Å². The average Bonchev–Trinajstić information content (AvgIpc) is 0.811. The third-order valence-corrected chi connectivity index (χ3v) is 0. The topological polar surface area (TPSA) is 94.5 Å². The summed E-state index contributed by atoms with van der Waals surface area (Å²) in [6.07, 6.45) is 0. The van der Waals surface area contributed by atoms with Gasteiger partial charge in [0.25, 0.3) is 0 Å². The van der Waals surface area contributed by atoms with Gasteiger partial charge in [0.1, 0.15) is 0 Å². The van der Waals surface area contributed by atoms with Crippen molar-refractivity contribution in [3.05, 3.63) is 0 Å². The van der Waals surface area contributed by atoms with Crippen LogP contribution in [0.15, 0.2) is 0 Å². The Morgan fingerprint density at radius 2 is 0.714 bits per heavy atom. The van der Waals surface area contributed by atoms with Crippen molar-refractivity contribution in [3.63, 3.8) is 0 Å². The first-order valence-electron chi connectivity index (χ1n) is 0.314. The van der Waals surface area contributed by atoms with Gasteiger partial charge in [0.05, 0.1) is 0 Å². The fourth-order valence-electron chi connectivity index (χ4n) is 0. The van der Waals surface area contributed by atoms with Crippen molar-refractivity contribution < 1.29 is 43.1 Å². The van der Waals surface area contributed by atoms with Crippen LogP contribution in [-0.2, 0) is 0 Å². The molecule has 0 atom stereocenters. The summed E-state index contributed by atoms with van der Waals surface area (Å²) in [5, 5.41) is 0. The molecule has 0 bridgehead atoms. The minimum absolute atomic E-state index is 0. The van der Waals surface area contributed by atoms with Crippen LogP contribution in [-0.4, -0.2) is 16.4 Å². The van der Waals surface area contributed by atoms with Gasteiger partial charge in [-0.25, -0.2) is 0 Å². The van der Waals surface area contributed by atoms with Gasteiger partial charge in [-0.2, -0.15) is 0 Å². The Labute approximate surface area is 61.8 Å². The molecule has 7 heteroatoms. The molecule has 3 nitrogen and oxygen atoms in total. The third kappa shape index (κ3) is 72.6. The van der Waals surface area contributed by atoms with Crippen LogP contribution in [0.2, 0.25) is 0 Å². The quantitative estimate of drug-likeness (QED) is 0.578. The Morgan fingerprint density at radius 3 is 0.714 bits per heavy atom. The van der Waals surface area contributed by atoms with Gasteiger partial charge in [-0.3, -0.25) is 0 Å². The normalized spacial score (nSPS) is 6.43. The van der Waals surface area contributed by atoms with Gasteiger partial charge in [-0.05, 0) is 0 Å². The zero-order valence-corrected chi connectivity index (χ0v) is 6.96. The summed E-state index contributed by atoms with van der Waals surface area (Å²) >= 11 is -1.66. The van der Waals surface area contributed by atoms with Crippen LogP contribution in [0.5, 0.6) is 0 Å². The fraction of sp³-hybridized carbons (Fsp3) is 0. The predicted octanol–water partition coefficient (Wildman–Crippen LogP) is -0.406. The van der Waals surface area contributed by atoms with E-state index in [1.54, 1.807) is 0 Å². The second-order valence-electron chi connectivity index (χ2n) is 0.119. The molecule has 7 heavy (non-hydrogen) atoms. The van der Waals surface area contributed by atoms with Gasteiger partial charge in [0.15, 0.2) is 0 Å². The van der Waals surface area contributed by atoms with E-state index in [9.17, 15) is 0 Å². The van der Waals surface area contributed by atoms with Gasteiger partial charge in [0.2, 0.25) is 0 Å². The molecule has 0 amide bonds. The maximum absolute atomic E-state index is 4.94. The van der Waals surface area contributed by atoms with E-state index < -0.39 is 26.7 Å². The summed E-state index contributed by atoms with van der Waals surface area (Å²) < 4.78 is 0. The molecule has 0 aromatic carbocycles. The minimum atomic E-state index is -1.66. The molecule has 6 N–H and O–H groups in total. The van der Waals surface area contributed by atoms with Crippen LogP contribution in [0.3, 0.4) is 0 Å². The second-order valence-corrected chi connectivity index (χ2v) is 7.93. The molecular formula is H6Cl3O3Tm. The van der Waals surface area contributed by atoms with E-state index in [-0.39, 0.29) is 16.4 Å². The third-order valence-electron chi connectivity index (χ3n) is 0. The van der Waals surface area contributed by atoms with Gasteiger partial charge in [-0.1, -0.05) is 0 Å². The first kappa shape index (κ1) is 23.1. The van der Waals surface area contributed by atoms with Crippen molar-refractivity contribution in [2.24, 2.45) is 0 Å². The van der Waals surface area contributed by atoms with Gasteiger partial charge in [-0.15, -0.1) is 0 Å². The summed E-state index contributed by atoms with van der Waals surface area (Å²) in [7, 11) is 0. The molecule has 0 aromatic rings. The Morgan fingerprint density at radius 1 is 0.714 bits per heavy atom. The second kappa shape index (κ2) is 15.7. The summed E-state index contributed by atoms with van der Waals surface area (Å²) in [6.45, 7) is 14.8. The molecule has 0 saturated heterocycles. The summed E-state index contributed by atoms with van der Waals surface area (Å²) in [6, 6.07) is 0. The van der Waals surface area contributed by atoms with Crippen LogP contribution in [0.1, 0.15) is 0 Å². The summed E-state index contributed by atoms with van der Waals surface area (Å²) in [5.41, 5.74) is 0. The van der Waals surface area contributed by atoms with E-state index >= 15 is 0 Å². The fourth-order valence-corrected chi connectivity index (χ4v) is 0. The maximum atomic E-state index is 4.94. The molecule has 0 fully saturated rings. The van der Waals surface area contributed by atoms with Crippen LogP contribution in [0, 0.1) is 26.7 Å². The van der Waals surface area contributed by atoms with Crippen molar-refractivity contribution in [1.29, 1.82) is 0 Å². The van der Waals surface area contributed by atoms with Crippen molar-refractivity contribution in [2.45, 2.75) is 0 Å². The summed E-state index contributed by atoms with van der Waals surface area (Å²) in [4.78, 5) is 0. The molecule has 0 aliphatic carbocycles. The van der Waals surface area contributed by atoms with Crippen molar-refractivity contribution in [2.75, 3.05) is 0 Å². The Bertz CT molecular complexity index is 14.9. The van der Waals surface area contributed by atoms with Crippen LogP contribution in [0.25, 0.3) is 0 Å². The van der Waals surface area contributed by atoms with E-state index in [1.807, 2.05) is 0 Å². The van der Waals surface area contributed by atoms with Crippen LogP contribution in [0.4, 0.5) is 0 Å². The van der Waals surface area contributed by atoms with E-state index in [1.165, 1.54) is 0 Å². The number of hydrogen-bond acceptors (Lipinski definition) is 0. The van der Waals surface area contributed by atoms with Crippen molar-refractivity contribution >= 4 is 19.7 Å². The molecule has 0 aliphatic heterocycles. The molecule has 0 aromatic heterocycles. The predicted molar refractivity (Wildman–Crippen MR) is 28.4 cm³/mol. The van der Waals surface area contributed by atoms with E-state index in [0.29, 0.717) is 0 Å². The zero-order chi connectivity index (χ0) is 3.58. The van der Waals surface area contributed by atoms with E-state index in [4.69, 9.17) is 19.7 Å². The SMILES string of the molecule is O.O.O.[Cl][Tm]([Cl])[Cl]. The standard InChI is InChI=1S/3ClH.3H2O.Tm/h3*1H;3*1H2;/q;;;;;;+3/p-3. The van der Waals surface area contributed by atoms with Gasteiger partial charge in [0, 0.05) is 0 Å². The Hall–Kier alpha value is 1.98. The first-order valence-corrected chi connectivity index (χ1v) is 7.00. The Balaban J connectivity index is -0.0000000150. The van der Waals surface area contributed by atoms with E-state index in [0.717, 1.165) is 0 Å².